The number of amides is 1. The summed E-state index contributed by atoms with van der Waals surface area (Å²) in [6.07, 6.45) is 1.66. The van der Waals surface area contributed by atoms with Gasteiger partial charge in [-0.25, -0.2) is 23.9 Å². The summed E-state index contributed by atoms with van der Waals surface area (Å²) >= 11 is 0. The lowest BCUT2D eigenvalue weighted by Gasteiger charge is -2.22. The molecule has 1 atom stereocenters. The number of fused-ring (bicyclic) bond motifs is 1. The third-order valence-corrected chi connectivity index (χ3v) is 3.60. The maximum Gasteiger partial charge on any atom is 0.420 e. The molecule has 0 radical (unpaired) electrons. The minimum Gasteiger partial charge on any atom is -0.480 e. The van der Waals surface area contributed by atoms with E-state index in [1.807, 2.05) is 0 Å². The number of hydrogen-bond acceptors (Lipinski definition) is 6. The van der Waals surface area contributed by atoms with Gasteiger partial charge in [0.2, 0.25) is 0 Å². The van der Waals surface area contributed by atoms with Crippen molar-refractivity contribution in [3.63, 3.8) is 0 Å². The Hall–Kier alpha value is -3.10. The SMILES string of the molecule is CC(C)(C)OC(=O)N[C@@H](Cc1cnc2c(ccn2C(=O)OC(C)(C)C)c1)C(=O)O. The molecule has 0 saturated heterocycles. The lowest BCUT2D eigenvalue weighted by atomic mass is 10.1. The van der Waals surface area contributed by atoms with Crippen LogP contribution < -0.4 is 5.32 Å². The van der Waals surface area contributed by atoms with Crippen LogP contribution in [-0.2, 0) is 20.7 Å². The Kier molecular flexibility index (Phi) is 6.20. The quantitative estimate of drug-likeness (QED) is 0.800. The highest BCUT2D eigenvalue weighted by Crippen LogP contribution is 2.18. The topological polar surface area (TPSA) is 120 Å². The number of carboxylic acids is 1. The van der Waals surface area contributed by atoms with Gasteiger partial charge >= 0.3 is 18.2 Å². The summed E-state index contributed by atoms with van der Waals surface area (Å²) in [6.45, 7) is 10.4. The first-order valence-corrected chi connectivity index (χ1v) is 9.17. The number of hydrogen-bond donors (Lipinski definition) is 2. The minimum absolute atomic E-state index is 0.00906. The standard InChI is InChI=1S/C20H27N3O6/c1-19(2,3)28-17(26)22-14(16(24)25)10-12-9-13-7-8-23(15(13)21-11-12)18(27)29-20(4,5)6/h7-9,11,14H,10H2,1-6H3,(H,22,26)(H,24,25)/t14-/m0/s1. The van der Waals surface area contributed by atoms with Gasteiger partial charge in [0, 0.05) is 24.2 Å². The van der Waals surface area contributed by atoms with Crippen molar-refractivity contribution < 1.29 is 29.0 Å². The van der Waals surface area contributed by atoms with Crippen molar-refractivity contribution in [1.29, 1.82) is 0 Å². The highest BCUT2D eigenvalue weighted by atomic mass is 16.6. The maximum absolute atomic E-state index is 12.3. The molecule has 2 aromatic heterocycles. The Bertz CT molecular complexity index is 920. The van der Waals surface area contributed by atoms with Gasteiger partial charge in [-0.15, -0.1) is 0 Å². The normalized spacial score (nSPS) is 13.0. The number of carbonyl (C=O) groups excluding carboxylic acids is 2. The predicted molar refractivity (Wildman–Crippen MR) is 106 cm³/mol. The first kappa shape index (κ1) is 22.2. The van der Waals surface area contributed by atoms with E-state index in [0.717, 1.165) is 0 Å². The number of alkyl carbamates (subject to hydrolysis) is 1. The molecule has 0 unspecified atom stereocenters. The minimum atomic E-state index is -1.19. The fourth-order valence-electron chi connectivity index (χ4n) is 2.53. The van der Waals surface area contributed by atoms with Crippen molar-refractivity contribution in [3.05, 3.63) is 30.1 Å². The van der Waals surface area contributed by atoms with E-state index in [1.165, 1.54) is 10.8 Å². The van der Waals surface area contributed by atoms with Crippen LogP contribution in [0, 0.1) is 0 Å². The second-order valence-corrected chi connectivity index (χ2v) is 8.66. The second kappa shape index (κ2) is 8.10. The molecule has 2 aromatic rings. The average molecular weight is 405 g/mol. The Morgan fingerprint density at radius 1 is 1.14 bits per heavy atom. The molecule has 0 aliphatic carbocycles. The largest absolute Gasteiger partial charge is 0.480 e. The number of carboxylic acid groups (broad SMARTS) is 1. The summed E-state index contributed by atoms with van der Waals surface area (Å²) in [5, 5.41) is 12.4. The highest BCUT2D eigenvalue weighted by Gasteiger charge is 2.25. The summed E-state index contributed by atoms with van der Waals surface area (Å²) < 4.78 is 11.7. The average Bonchev–Trinajstić information content (AvgIpc) is 2.94. The van der Waals surface area contributed by atoms with E-state index >= 15 is 0 Å². The number of carbonyl (C=O) groups is 3. The number of nitrogens with one attached hydrogen (secondary N) is 1. The molecule has 0 aliphatic heterocycles. The van der Waals surface area contributed by atoms with Crippen LogP contribution in [0.15, 0.2) is 24.5 Å². The van der Waals surface area contributed by atoms with Gasteiger partial charge in [0.25, 0.3) is 0 Å². The van der Waals surface area contributed by atoms with Crippen molar-refractivity contribution in [1.82, 2.24) is 14.9 Å². The van der Waals surface area contributed by atoms with Crippen LogP contribution in [0.1, 0.15) is 47.1 Å². The highest BCUT2D eigenvalue weighted by molar-refractivity contribution is 5.87. The number of aliphatic carboxylic acids is 1. The summed E-state index contributed by atoms with van der Waals surface area (Å²) in [7, 11) is 0. The molecule has 1 amide bonds. The van der Waals surface area contributed by atoms with Crippen LogP contribution in [0.5, 0.6) is 0 Å². The van der Waals surface area contributed by atoms with Crippen LogP contribution >= 0.6 is 0 Å². The third-order valence-electron chi connectivity index (χ3n) is 3.60. The first-order valence-electron chi connectivity index (χ1n) is 9.17. The van der Waals surface area contributed by atoms with E-state index < -0.39 is 35.4 Å². The Balaban J connectivity index is 2.18. The number of ether oxygens (including phenoxy) is 2. The van der Waals surface area contributed by atoms with Crippen LogP contribution in [0.2, 0.25) is 0 Å². The molecule has 2 rings (SSSR count). The van der Waals surface area contributed by atoms with Gasteiger partial charge in [0.05, 0.1) is 0 Å². The maximum atomic E-state index is 12.3. The molecule has 0 bridgehead atoms. The molecule has 9 nitrogen and oxygen atoms in total. The van der Waals surface area contributed by atoms with E-state index in [0.29, 0.717) is 16.6 Å². The first-order chi connectivity index (χ1) is 13.2. The monoisotopic (exact) mass is 405 g/mol. The number of rotatable bonds is 4. The van der Waals surface area contributed by atoms with Crippen LogP contribution in [0.3, 0.4) is 0 Å². The number of pyridine rings is 1. The van der Waals surface area contributed by atoms with Gasteiger partial charge < -0.3 is 19.9 Å². The molecule has 9 heteroatoms. The van der Waals surface area contributed by atoms with Gasteiger partial charge in [-0.3, -0.25) is 0 Å². The Morgan fingerprint density at radius 3 is 2.31 bits per heavy atom. The van der Waals surface area contributed by atoms with E-state index in [4.69, 9.17) is 9.47 Å². The van der Waals surface area contributed by atoms with Crippen LogP contribution in [0.25, 0.3) is 11.0 Å². The van der Waals surface area contributed by atoms with Gasteiger partial charge in [-0.1, -0.05) is 0 Å². The number of aromatic nitrogens is 2. The molecule has 158 valence electrons. The molecule has 0 fully saturated rings. The van der Waals surface area contributed by atoms with Gasteiger partial charge in [-0.2, -0.15) is 0 Å². The molecular formula is C20H27N3O6. The van der Waals surface area contributed by atoms with Gasteiger partial charge in [-0.05, 0) is 59.2 Å². The van der Waals surface area contributed by atoms with Crippen LogP contribution in [0.4, 0.5) is 9.59 Å². The van der Waals surface area contributed by atoms with Crippen LogP contribution in [-0.4, -0.2) is 50.1 Å². The van der Waals surface area contributed by atoms with Crippen molar-refractivity contribution in [2.75, 3.05) is 0 Å². The zero-order valence-corrected chi connectivity index (χ0v) is 17.5. The zero-order valence-electron chi connectivity index (χ0n) is 17.5. The fourth-order valence-corrected chi connectivity index (χ4v) is 2.53. The summed E-state index contributed by atoms with van der Waals surface area (Å²) in [6, 6.07) is 2.22. The molecule has 29 heavy (non-hydrogen) atoms. The summed E-state index contributed by atoms with van der Waals surface area (Å²) in [5.41, 5.74) is -0.397. The molecular weight excluding hydrogens is 378 g/mol. The van der Waals surface area contributed by atoms with Crippen molar-refractivity contribution >= 4 is 29.2 Å². The van der Waals surface area contributed by atoms with E-state index in [2.05, 4.69) is 10.3 Å². The van der Waals surface area contributed by atoms with E-state index in [9.17, 15) is 19.5 Å². The van der Waals surface area contributed by atoms with Crippen molar-refractivity contribution in [2.45, 2.75) is 65.2 Å². The summed E-state index contributed by atoms with van der Waals surface area (Å²) in [4.78, 5) is 40.0. The van der Waals surface area contributed by atoms with Gasteiger partial charge in [0.15, 0.2) is 0 Å². The van der Waals surface area contributed by atoms with Crippen molar-refractivity contribution in [2.24, 2.45) is 0 Å². The summed E-state index contributed by atoms with van der Waals surface area (Å²) in [5.74, 6) is -1.19. The van der Waals surface area contributed by atoms with E-state index in [-0.39, 0.29) is 6.42 Å². The lowest BCUT2D eigenvalue weighted by Crippen LogP contribution is -2.44. The zero-order chi connectivity index (χ0) is 22.0. The smallest absolute Gasteiger partial charge is 0.420 e. The second-order valence-electron chi connectivity index (χ2n) is 8.66. The predicted octanol–water partition coefficient (Wildman–Crippen LogP) is 3.34. The third kappa shape index (κ3) is 6.48. The number of nitrogens with zero attached hydrogens (tertiary/aromatic N) is 2. The Morgan fingerprint density at radius 2 is 1.76 bits per heavy atom. The van der Waals surface area contributed by atoms with Gasteiger partial charge in [0.1, 0.15) is 22.9 Å². The van der Waals surface area contributed by atoms with E-state index in [1.54, 1.807) is 59.9 Å². The lowest BCUT2D eigenvalue weighted by molar-refractivity contribution is -0.139. The molecule has 2 N–H and O–H groups in total. The molecule has 0 spiro atoms. The van der Waals surface area contributed by atoms with Crippen molar-refractivity contribution in [3.8, 4) is 0 Å². The Labute approximate surface area is 169 Å². The molecule has 0 aliphatic rings. The molecule has 0 aromatic carbocycles. The molecule has 0 saturated carbocycles. The molecule has 2 heterocycles. The fraction of sp³-hybridized carbons (Fsp3) is 0.500.